The van der Waals surface area contributed by atoms with E-state index < -0.39 is 22.0 Å². The van der Waals surface area contributed by atoms with Crippen LogP contribution in [-0.4, -0.2) is 39.8 Å². The van der Waals surface area contributed by atoms with Gasteiger partial charge in [0.25, 0.3) is 5.56 Å². The number of amides is 1. The number of carbonyl (C=O) groups excluding carboxylic acids is 1. The molecule has 1 aromatic heterocycles. The second kappa shape index (κ2) is 8.40. The van der Waals surface area contributed by atoms with Crippen molar-refractivity contribution in [2.75, 3.05) is 11.1 Å². The molecular formula is C23H26N4O4S. The lowest BCUT2D eigenvalue weighted by molar-refractivity contribution is -0.120. The first-order valence-corrected chi connectivity index (χ1v) is 12.1. The van der Waals surface area contributed by atoms with Gasteiger partial charge in [-0.1, -0.05) is 42.5 Å². The van der Waals surface area contributed by atoms with E-state index >= 15 is 0 Å². The number of fused-ring (bicyclic) bond motifs is 1. The number of anilines is 1. The highest BCUT2D eigenvalue weighted by Crippen LogP contribution is 2.27. The Balaban J connectivity index is 1.71. The van der Waals surface area contributed by atoms with Gasteiger partial charge in [-0.3, -0.25) is 14.3 Å². The van der Waals surface area contributed by atoms with Crippen LogP contribution in [-0.2, 0) is 34.8 Å². The number of benzene rings is 2. The quantitative estimate of drug-likeness (QED) is 0.640. The molecule has 1 amide bonds. The van der Waals surface area contributed by atoms with E-state index in [-0.39, 0.29) is 30.0 Å². The number of carbonyl (C=O) groups is 1. The van der Waals surface area contributed by atoms with Crippen LogP contribution in [0.5, 0.6) is 0 Å². The fourth-order valence-corrected chi connectivity index (χ4v) is 5.32. The van der Waals surface area contributed by atoms with E-state index in [1.165, 1.54) is 8.99 Å². The van der Waals surface area contributed by atoms with Crippen LogP contribution in [0.1, 0.15) is 23.7 Å². The van der Waals surface area contributed by atoms with E-state index in [0.29, 0.717) is 11.4 Å². The van der Waals surface area contributed by atoms with Crippen LogP contribution in [0.3, 0.4) is 0 Å². The Morgan fingerprint density at radius 3 is 2.34 bits per heavy atom. The second-order valence-electron chi connectivity index (χ2n) is 7.86. The number of sulfonamides is 1. The van der Waals surface area contributed by atoms with Gasteiger partial charge in [-0.25, -0.2) is 13.1 Å². The number of aromatic nitrogens is 2. The monoisotopic (exact) mass is 454 g/mol. The molecule has 0 saturated heterocycles. The zero-order valence-electron chi connectivity index (χ0n) is 18.3. The molecule has 0 radical (unpaired) electrons. The molecule has 0 unspecified atom stereocenters. The third-order valence-electron chi connectivity index (χ3n) is 6.03. The minimum Gasteiger partial charge on any atom is -0.319 e. The Labute approximate surface area is 187 Å². The summed E-state index contributed by atoms with van der Waals surface area (Å²) in [6.45, 7) is 3.43. The third-order valence-corrected chi connectivity index (χ3v) is 7.86. The topological polar surface area (TPSA) is 93.4 Å². The lowest BCUT2D eigenvalue weighted by Crippen LogP contribution is -2.51. The van der Waals surface area contributed by atoms with Crippen LogP contribution in [0.15, 0.2) is 59.4 Å². The van der Waals surface area contributed by atoms with Gasteiger partial charge in [0.2, 0.25) is 15.9 Å². The molecule has 32 heavy (non-hydrogen) atoms. The fourth-order valence-electron chi connectivity index (χ4n) is 4.10. The smallest absolute Gasteiger partial charge is 0.295 e. The standard InChI is InChI=1S/C23H26N4O4S/c1-4-32(30,31)26-15-18-11-9-8-10-17(18)14-20(26)22(28)24-21-16(2)25(3)27(23(21)29)19-12-6-5-7-13-19/h5-13,20H,4,14-15H2,1-3H3,(H,24,28)/t20-/m1/s1. The zero-order valence-corrected chi connectivity index (χ0v) is 19.1. The Kier molecular flexibility index (Phi) is 5.79. The molecule has 1 aliphatic rings. The minimum atomic E-state index is -3.63. The molecule has 0 fully saturated rings. The van der Waals surface area contributed by atoms with E-state index in [4.69, 9.17) is 0 Å². The van der Waals surface area contributed by atoms with Gasteiger partial charge in [0, 0.05) is 13.6 Å². The summed E-state index contributed by atoms with van der Waals surface area (Å²) in [6.07, 6.45) is 0.250. The maximum absolute atomic E-state index is 13.3. The van der Waals surface area contributed by atoms with Gasteiger partial charge in [0.15, 0.2) is 0 Å². The summed E-state index contributed by atoms with van der Waals surface area (Å²) in [5.74, 6) is -0.619. The van der Waals surface area contributed by atoms with Crippen molar-refractivity contribution >= 4 is 21.6 Å². The molecule has 1 aliphatic heterocycles. The summed E-state index contributed by atoms with van der Waals surface area (Å²) in [5.41, 5.74) is 2.84. The normalized spacial score (nSPS) is 16.5. The van der Waals surface area contributed by atoms with Crippen molar-refractivity contribution in [1.29, 1.82) is 0 Å². The average molecular weight is 455 g/mol. The summed E-state index contributed by atoms with van der Waals surface area (Å²) in [5, 5.41) is 2.74. The third kappa shape index (κ3) is 3.78. The predicted molar refractivity (Wildman–Crippen MR) is 123 cm³/mol. The summed E-state index contributed by atoms with van der Waals surface area (Å²) in [6, 6.07) is 15.7. The Morgan fingerprint density at radius 1 is 1.06 bits per heavy atom. The van der Waals surface area contributed by atoms with Crippen LogP contribution in [0.4, 0.5) is 5.69 Å². The zero-order chi connectivity index (χ0) is 23.0. The van der Waals surface area contributed by atoms with Crippen molar-refractivity contribution in [2.45, 2.75) is 32.9 Å². The first kappa shape index (κ1) is 22.0. The summed E-state index contributed by atoms with van der Waals surface area (Å²) < 4.78 is 30.0. The van der Waals surface area contributed by atoms with Gasteiger partial charge >= 0.3 is 0 Å². The predicted octanol–water partition coefficient (Wildman–Crippen LogP) is 2.20. The SMILES string of the molecule is CCS(=O)(=O)N1Cc2ccccc2C[C@@H]1C(=O)Nc1c(C)n(C)n(-c2ccccc2)c1=O. The number of para-hydroxylation sites is 1. The first-order valence-electron chi connectivity index (χ1n) is 10.5. The molecule has 0 spiro atoms. The van der Waals surface area contributed by atoms with Gasteiger partial charge < -0.3 is 5.32 Å². The van der Waals surface area contributed by atoms with Crippen LogP contribution in [0, 0.1) is 6.92 Å². The van der Waals surface area contributed by atoms with E-state index in [2.05, 4.69) is 5.32 Å². The number of rotatable bonds is 5. The van der Waals surface area contributed by atoms with E-state index in [9.17, 15) is 18.0 Å². The van der Waals surface area contributed by atoms with Gasteiger partial charge in [-0.15, -0.1) is 0 Å². The molecule has 2 aromatic carbocycles. The highest BCUT2D eigenvalue weighted by molar-refractivity contribution is 7.89. The molecule has 1 N–H and O–H groups in total. The summed E-state index contributed by atoms with van der Waals surface area (Å²) in [4.78, 5) is 26.5. The largest absolute Gasteiger partial charge is 0.319 e. The van der Waals surface area contributed by atoms with Gasteiger partial charge in [-0.05, 0) is 43.5 Å². The van der Waals surface area contributed by atoms with Crippen LogP contribution < -0.4 is 10.9 Å². The second-order valence-corrected chi connectivity index (χ2v) is 10.1. The molecule has 2 heterocycles. The number of hydrogen-bond donors (Lipinski definition) is 1. The van der Waals surface area contributed by atoms with Gasteiger partial charge in [0.05, 0.1) is 17.1 Å². The highest BCUT2D eigenvalue weighted by atomic mass is 32.2. The molecule has 3 aromatic rings. The maximum atomic E-state index is 13.3. The maximum Gasteiger partial charge on any atom is 0.295 e. The van der Waals surface area contributed by atoms with E-state index in [1.807, 2.05) is 42.5 Å². The lowest BCUT2D eigenvalue weighted by atomic mass is 9.95. The average Bonchev–Trinajstić information content (AvgIpc) is 3.01. The molecular weight excluding hydrogens is 428 g/mol. The Bertz CT molecular complexity index is 1330. The fraction of sp³-hybridized carbons (Fsp3) is 0.304. The molecule has 8 nitrogen and oxygen atoms in total. The summed E-state index contributed by atoms with van der Waals surface area (Å²) in [7, 11) is -1.89. The lowest BCUT2D eigenvalue weighted by Gasteiger charge is -2.34. The first-order chi connectivity index (χ1) is 15.2. The van der Waals surface area contributed by atoms with Crippen molar-refractivity contribution in [3.05, 3.63) is 81.8 Å². The molecule has 9 heteroatoms. The van der Waals surface area contributed by atoms with E-state index in [1.54, 1.807) is 37.7 Å². The van der Waals surface area contributed by atoms with Crippen LogP contribution in [0.2, 0.25) is 0 Å². The van der Waals surface area contributed by atoms with E-state index in [0.717, 1.165) is 11.1 Å². The Morgan fingerprint density at radius 2 is 1.69 bits per heavy atom. The van der Waals surface area contributed by atoms with Crippen molar-refractivity contribution < 1.29 is 13.2 Å². The number of nitrogens with zero attached hydrogens (tertiary/aromatic N) is 3. The molecule has 168 valence electrons. The van der Waals surface area contributed by atoms with Crippen molar-refractivity contribution in [1.82, 2.24) is 13.7 Å². The van der Waals surface area contributed by atoms with Crippen molar-refractivity contribution in [3.63, 3.8) is 0 Å². The van der Waals surface area contributed by atoms with Gasteiger partial charge in [0.1, 0.15) is 11.7 Å². The Hall–Kier alpha value is -3.17. The number of nitrogens with one attached hydrogen (secondary N) is 1. The molecule has 0 bridgehead atoms. The molecule has 0 aliphatic carbocycles. The molecule has 1 atom stereocenters. The van der Waals surface area contributed by atoms with Gasteiger partial charge in [-0.2, -0.15) is 4.31 Å². The minimum absolute atomic E-state index is 0.107. The van der Waals surface area contributed by atoms with Crippen molar-refractivity contribution in [2.24, 2.45) is 7.05 Å². The highest BCUT2D eigenvalue weighted by Gasteiger charge is 2.38. The molecule has 0 saturated carbocycles. The van der Waals surface area contributed by atoms with Crippen molar-refractivity contribution in [3.8, 4) is 5.69 Å². The molecule has 4 rings (SSSR count). The summed E-state index contributed by atoms with van der Waals surface area (Å²) >= 11 is 0. The van der Waals surface area contributed by atoms with Crippen LogP contribution >= 0.6 is 0 Å². The number of hydrogen-bond acceptors (Lipinski definition) is 4. The van der Waals surface area contributed by atoms with Crippen LogP contribution in [0.25, 0.3) is 5.69 Å².